The quantitative estimate of drug-likeness (QED) is 0.366. The van der Waals surface area contributed by atoms with Crippen LogP contribution >= 0.6 is 0 Å². The monoisotopic (exact) mass is 178 g/mol. The van der Waals surface area contributed by atoms with E-state index in [-0.39, 0.29) is 6.41 Å². The van der Waals surface area contributed by atoms with Crippen molar-refractivity contribution in [1.29, 1.82) is 0 Å². The van der Waals surface area contributed by atoms with Gasteiger partial charge in [0.05, 0.1) is 0 Å². The number of alkyl halides is 1. The Kier molecular flexibility index (Phi) is 4.35. The molecule has 2 amide bonds. The zero-order valence-electron chi connectivity index (χ0n) is 5.91. The minimum Gasteiger partial charge on any atom is -0.465 e. The molecular weight excluding hydrogens is 171 g/mol. The summed E-state index contributed by atoms with van der Waals surface area (Å²) < 4.78 is 11.7. The van der Waals surface area contributed by atoms with Gasteiger partial charge in [-0.05, 0) is 0 Å². The molecule has 68 valence electrons. The SMILES string of the molecule is O=CNC(NC(=O)O)C(=O)CF. The third-order valence-corrected chi connectivity index (χ3v) is 0.956. The number of nitrogens with one attached hydrogen (secondary N) is 2. The summed E-state index contributed by atoms with van der Waals surface area (Å²) in [7, 11) is 0. The molecule has 0 fully saturated rings. The van der Waals surface area contributed by atoms with E-state index in [2.05, 4.69) is 0 Å². The number of amides is 2. The average Bonchev–Trinajstić information content (AvgIpc) is 2.01. The van der Waals surface area contributed by atoms with Gasteiger partial charge in [0.25, 0.3) is 0 Å². The largest absolute Gasteiger partial charge is 0.465 e. The Morgan fingerprint density at radius 2 is 2.17 bits per heavy atom. The van der Waals surface area contributed by atoms with Crippen LogP contribution in [0.25, 0.3) is 0 Å². The fraction of sp³-hybridized carbons (Fsp3) is 0.400. The fourth-order valence-corrected chi connectivity index (χ4v) is 0.484. The Balaban J connectivity index is 4.11. The average molecular weight is 178 g/mol. The van der Waals surface area contributed by atoms with Crippen molar-refractivity contribution < 1.29 is 23.9 Å². The summed E-state index contributed by atoms with van der Waals surface area (Å²) in [6.45, 7) is -1.34. The first kappa shape index (κ1) is 10.3. The molecule has 0 aromatic heterocycles. The van der Waals surface area contributed by atoms with Crippen LogP contribution in [-0.2, 0) is 9.59 Å². The molecule has 1 unspecified atom stereocenters. The molecule has 0 aliphatic rings. The van der Waals surface area contributed by atoms with Gasteiger partial charge in [-0.25, -0.2) is 9.18 Å². The Labute approximate surface area is 66.7 Å². The summed E-state index contributed by atoms with van der Waals surface area (Å²) in [5, 5.41) is 11.5. The van der Waals surface area contributed by atoms with E-state index in [1.165, 1.54) is 0 Å². The maximum Gasteiger partial charge on any atom is 0.406 e. The molecule has 0 heterocycles. The third-order valence-electron chi connectivity index (χ3n) is 0.956. The van der Waals surface area contributed by atoms with Gasteiger partial charge in [-0.3, -0.25) is 14.9 Å². The molecule has 0 saturated carbocycles. The van der Waals surface area contributed by atoms with Crippen LogP contribution in [0.3, 0.4) is 0 Å². The topological polar surface area (TPSA) is 95.5 Å². The van der Waals surface area contributed by atoms with Crippen LogP contribution in [0.1, 0.15) is 0 Å². The lowest BCUT2D eigenvalue weighted by molar-refractivity contribution is -0.124. The van der Waals surface area contributed by atoms with Crippen LogP contribution in [-0.4, -0.2) is 36.2 Å². The zero-order valence-corrected chi connectivity index (χ0v) is 5.91. The van der Waals surface area contributed by atoms with Crippen molar-refractivity contribution in [3.05, 3.63) is 0 Å². The van der Waals surface area contributed by atoms with E-state index in [0.29, 0.717) is 0 Å². The number of rotatable bonds is 5. The maximum absolute atomic E-state index is 11.7. The predicted octanol–water partition coefficient (Wildman–Crippen LogP) is -1.14. The van der Waals surface area contributed by atoms with Crippen molar-refractivity contribution in [2.75, 3.05) is 6.67 Å². The molecule has 0 saturated heterocycles. The number of Topliss-reactive ketones (excluding diaryl/α,β-unsaturated/α-hetero) is 1. The first-order chi connectivity index (χ1) is 5.61. The van der Waals surface area contributed by atoms with E-state index in [1.54, 1.807) is 10.6 Å². The predicted molar refractivity (Wildman–Crippen MR) is 35.1 cm³/mol. The second-order valence-corrected chi connectivity index (χ2v) is 1.77. The highest BCUT2D eigenvalue weighted by atomic mass is 19.1. The zero-order chi connectivity index (χ0) is 9.56. The van der Waals surface area contributed by atoms with Crippen molar-refractivity contribution in [3.63, 3.8) is 0 Å². The molecule has 6 nitrogen and oxygen atoms in total. The minimum absolute atomic E-state index is 0.105. The van der Waals surface area contributed by atoms with Crippen molar-refractivity contribution in [2.24, 2.45) is 0 Å². The van der Waals surface area contributed by atoms with Crippen LogP contribution in [0.5, 0.6) is 0 Å². The number of ketones is 1. The van der Waals surface area contributed by atoms with Gasteiger partial charge in [-0.2, -0.15) is 0 Å². The Hall–Kier alpha value is -1.66. The summed E-state index contributed by atoms with van der Waals surface area (Å²) in [6.07, 6.45) is -2.92. The van der Waals surface area contributed by atoms with Gasteiger partial charge in [0.15, 0.2) is 12.8 Å². The molecule has 3 N–H and O–H groups in total. The van der Waals surface area contributed by atoms with Gasteiger partial charge in [0.1, 0.15) is 0 Å². The molecule has 0 radical (unpaired) electrons. The van der Waals surface area contributed by atoms with Gasteiger partial charge in [-0.15, -0.1) is 0 Å². The maximum atomic E-state index is 11.7. The van der Waals surface area contributed by atoms with Crippen LogP contribution in [0.15, 0.2) is 0 Å². The molecule has 12 heavy (non-hydrogen) atoms. The van der Waals surface area contributed by atoms with Crippen LogP contribution < -0.4 is 10.6 Å². The highest BCUT2D eigenvalue weighted by Crippen LogP contribution is 1.82. The lowest BCUT2D eigenvalue weighted by atomic mass is 10.3. The van der Waals surface area contributed by atoms with E-state index in [4.69, 9.17) is 5.11 Å². The molecule has 7 heteroatoms. The normalized spacial score (nSPS) is 11.4. The van der Waals surface area contributed by atoms with Crippen molar-refractivity contribution >= 4 is 18.3 Å². The minimum atomic E-state index is -1.52. The number of carbonyl (C=O) groups excluding carboxylic acids is 2. The molecule has 0 aliphatic heterocycles. The molecule has 0 aromatic rings. The molecule has 0 aliphatic carbocycles. The lowest BCUT2D eigenvalue weighted by Crippen LogP contribution is -2.50. The van der Waals surface area contributed by atoms with Gasteiger partial charge >= 0.3 is 6.09 Å². The summed E-state index contributed by atoms with van der Waals surface area (Å²) in [5.74, 6) is -1.05. The van der Waals surface area contributed by atoms with E-state index in [9.17, 15) is 18.8 Å². The fourth-order valence-electron chi connectivity index (χ4n) is 0.484. The van der Waals surface area contributed by atoms with Crippen LogP contribution in [0, 0.1) is 0 Å². The van der Waals surface area contributed by atoms with E-state index >= 15 is 0 Å². The Morgan fingerprint density at radius 1 is 1.58 bits per heavy atom. The van der Waals surface area contributed by atoms with Gasteiger partial charge in [0.2, 0.25) is 12.2 Å². The molecule has 0 rings (SSSR count). The Morgan fingerprint density at radius 3 is 2.50 bits per heavy atom. The highest BCUT2D eigenvalue weighted by Gasteiger charge is 2.18. The number of hydrogen-bond donors (Lipinski definition) is 3. The molecule has 0 aromatic carbocycles. The summed E-state index contributed by atoms with van der Waals surface area (Å²) in [6, 6.07) is 0. The number of halogens is 1. The van der Waals surface area contributed by atoms with Gasteiger partial charge < -0.3 is 10.4 Å². The molecule has 0 bridgehead atoms. The Bertz CT molecular complexity index is 196. The number of hydrogen-bond acceptors (Lipinski definition) is 3. The van der Waals surface area contributed by atoms with E-state index in [0.717, 1.165) is 0 Å². The first-order valence-corrected chi connectivity index (χ1v) is 2.89. The summed E-state index contributed by atoms with van der Waals surface area (Å²) in [5.41, 5.74) is 0. The number of carboxylic acid groups (broad SMARTS) is 1. The van der Waals surface area contributed by atoms with Gasteiger partial charge in [0, 0.05) is 0 Å². The highest BCUT2D eigenvalue weighted by molar-refractivity contribution is 5.88. The van der Waals surface area contributed by atoms with E-state index in [1.807, 2.05) is 0 Å². The van der Waals surface area contributed by atoms with E-state index < -0.39 is 24.7 Å². The van der Waals surface area contributed by atoms with Crippen LogP contribution in [0.4, 0.5) is 9.18 Å². The standard InChI is InChI=1S/C5H7FN2O4/c6-1-3(10)4(7-2-9)8-5(11)12/h2,4,8H,1H2,(H,7,9)(H,11,12). The summed E-state index contributed by atoms with van der Waals surface area (Å²) >= 11 is 0. The smallest absolute Gasteiger partial charge is 0.406 e. The van der Waals surface area contributed by atoms with Crippen LogP contribution in [0.2, 0.25) is 0 Å². The van der Waals surface area contributed by atoms with Crippen molar-refractivity contribution in [1.82, 2.24) is 10.6 Å². The van der Waals surface area contributed by atoms with Crippen molar-refractivity contribution in [2.45, 2.75) is 6.17 Å². The second-order valence-electron chi connectivity index (χ2n) is 1.77. The molecule has 0 spiro atoms. The summed E-state index contributed by atoms with van der Waals surface area (Å²) in [4.78, 5) is 30.3. The second kappa shape index (κ2) is 5.05. The third kappa shape index (κ3) is 3.49. The van der Waals surface area contributed by atoms with Crippen molar-refractivity contribution in [3.8, 4) is 0 Å². The lowest BCUT2D eigenvalue weighted by Gasteiger charge is -2.11. The number of carbonyl (C=O) groups is 3. The molecule has 1 atom stereocenters. The first-order valence-electron chi connectivity index (χ1n) is 2.89. The van der Waals surface area contributed by atoms with Gasteiger partial charge in [-0.1, -0.05) is 0 Å². The molecular formula is C5H7FN2O4.